The summed E-state index contributed by atoms with van der Waals surface area (Å²) in [5.74, 6) is 0. The highest BCUT2D eigenvalue weighted by atomic mass is 79.9. The minimum atomic E-state index is 0.200. The van der Waals surface area contributed by atoms with Gasteiger partial charge in [0.15, 0.2) is 0 Å². The Bertz CT molecular complexity index is 467. The molecule has 0 fully saturated rings. The second-order valence-electron chi connectivity index (χ2n) is 5.20. The summed E-state index contributed by atoms with van der Waals surface area (Å²) < 4.78 is 1.06. The molecule has 0 aromatic heterocycles. The highest BCUT2D eigenvalue weighted by Gasteiger charge is 2.17. The molecule has 1 aromatic rings. The van der Waals surface area contributed by atoms with Gasteiger partial charge in [-0.25, -0.2) is 0 Å². The van der Waals surface area contributed by atoms with Crippen molar-refractivity contribution in [3.05, 3.63) is 28.2 Å². The molecule has 1 aromatic carbocycles. The van der Waals surface area contributed by atoms with E-state index in [9.17, 15) is 0 Å². The van der Waals surface area contributed by atoms with Crippen molar-refractivity contribution in [2.75, 3.05) is 18.5 Å². The molecule has 0 saturated heterocycles. The second kappa shape index (κ2) is 8.28. The third-order valence-corrected chi connectivity index (χ3v) is 4.08. The van der Waals surface area contributed by atoms with E-state index in [1.807, 2.05) is 0 Å². The Balaban J connectivity index is 3.04. The van der Waals surface area contributed by atoms with Crippen molar-refractivity contribution in [1.82, 2.24) is 5.32 Å². The van der Waals surface area contributed by atoms with Crippen LogP contribution in [0.1, 0.15) is 45.2 Å². The molecule has 0 saturated carbocycles. The predicted molar refractivity (Wildman–Crippen MR) is 88.9 cm³/mol. The maximum absolute atomic E-state index is 8.88. The van der Waals surface area contributed by atoms with E-state index in [0.717, 1.165) is 17.4 Å². The molecule has 4 heteroatoms. The van der Waals surface area contributed by atoms with Crippen LogP contribution >= 0.6 is 15.9 Å². The van der Waals surface area contributed by atoms with Gasteiger partial charge < -0.3 is 10.2 Å². The highest BCUT2D eigenvalue weighted by Crippen LogP contribution is 2.30. The van der Waals surface area contributed by atoms with Gasteiger partial charge in [0.25, 0.3) is 0 Å². The minimum absolute atomic E-state index is 0.200. The van der Waals surface area contributed by atoms with Gasteiger partial charge in [-0.15, -0.1) is 0 Å². The Kier molecular flexibility index (Phi) is 7.04. The SMILES string of the molecule is CCCNC(C)c1ccc(Br)cc1N(C)C(C)CC#N. The summed E-state index contributed by atoms with van der Waals surface area (Å²) in [6, 6.07) is 9.11. The van der Waals surface area contributed by atoms with Crippen LogP contribution in [0.4, 0.5) is 5.69 Å². The lowest BCUT2D eigenvalue weighted by Crippen LogP contribution is -2.31. The molecule has 0 aliphatic rings. The van der Waals surface area contributed by atoms with Gasteiger partial charge >= 0.3 is 0 Å². The second-order valence-corrected chi connectivity index (χ2v) is 6.12. The lowest BCUT2D eigenvalue weighted by atomic mass is 10.0. The maximum atomic E-state index is 8.88. The zero-order valence-corrected chi connectivity index (χ0v) is 14.4. The van der Waals surface area contributed by atoms with Crippen LogP contribution in [0.15, 0.2) is 22.7 Å². The maximum Gasteiger partial charge on any atom is 0.0643 e. The van der Waals surface area contributed by atoms with Gasteiger partial charge in [0.1, 0.15) is 0 Å². The normalized spacial score (nSPS) is 13.6. The van der Waals surface area contributed by atoms with Crippen molar-refractivity contribution in [3.8, 4) is 6.07 Å². The van der Waals surface area contributed by atoms with E-state index < -0.39 is 0 Å². The first kappa shape index (κ1) is 17.0. The molecule has 0 aliphatic heterocycles. The summed E-state index contributed by atoms with van der Waals surface area (Å²) in [6.07, 6.45) is 1.65. The number of hydrogen-bond acceptors (Lipinski definition) is 3. The minimum Gasteiger partial charge on any atom is -0.371 e. The molecule has 0 aliphatic carbocycles. The van der Waals surface area contributed by atoms with Gasteiger partial charge in [0.05, 0.1) is 12.5 Å². The molecule has 2 atom stereocenters. The standard InChI is InChI=1S/C16H24BrN3/c1-5-10-19-13(3)15-7-6-14(17)11-16(15)20(4)12(2)8-9-18/h6-7,11-13,19H,5,8,10H2,1-4H3. The largest absolute Gasteiger partial charge is 0.371 e. The number of nitrogens with one attached hydrogen (secondary N) is 1. The average Bonchev–Trinajstić information content (AvgIpc) is 2.44. The topological polar surface area (TPSA) is 39.1 Å². The van der Waals surface area contributed by atoms with E-state index >= 15 is 0 Å². The summed E-state index contributed by atoms with van der Waals surface area (Å²) in [5.41, 5.74) is 2.45. The molecule has 2 unspecified atom stereocenters. The fourth-order valence-corrected chi connectivity index (χ4v) is 2.51. The van der Waals surface area contributed by atoms with Crippen LogP contribution in [-0.2, 0) is 0 Å². The van der Waals surface area contributed by atoms with E-state index in [4.69, 9.17) is 5.26 Å². The van der Waals surface area contributed by atoms with E-state index in [-0.39, 0.29) is 6.04 Å². The lowest BCUT2D eigenvalue weighted by molar-refractivity contribution is 0.567. The van der Waals surface area contributed by atoms with E-state index in [0.29, 0.717) is 12.5 Å². The molecular weight excluding hydrogens is 314 g/mol. The molecule has 20 heavy (non-hydrogen) atoms. The van der Waals surface area contributed by atoms with Crippen molar-refractivity contribution in [1.29, 1.82) is 5.26 Å². The number of halogens is 1. The molecule has 0 radical (unpaired) electrons. The molecule has 3 nitrogen and oxygen atoms in total. The van der Waals surface area contributed by atoms with Crippen LogP contribution in [0.5, 0.6) is 0 Å². The van der Waals surface area contributed by atoms with E-state index in [2.05, 4.69) is 78.2 Å². The van der Waals surface area contributed by atoms with Gasteiger partial charge in [-0.1, -0.05) is 28.9 Å². The van der Waals surface area contributed by atoms with Crippen molar-refractivity contribution < 1.29 is 0 Å². The zero-order chi connectivity index (χ0) is 15.1. The summed E-state index contributed by atoms with van der Waals surface area (Å²) in [6.45, 7) is 7.45. The van der Waals surface area contributed by atoms with Crippen molar-refractivity contribution in [2.45, 2.75) is 45.7 Å². The smallest absolute Gasteiger partial charge is 0.0643 e. The highest BCUT2D eigenvalue weighted by molar-refractivity contribution is 9.10. The van der Waals surface area contributed by atoms with Gasteiger partial charge in [0.2, 0.25) is 0 Å². The summed E-state index contributed by atoms with van der Waals surface area (Å²) in [7, 11) is 2.06. The lowest BCUT2D eigenvalue weighted by Gasteiger charge is -2.30. The molecule has 0 bridgehead atoms. The Morgan fingerprint density at radius 2 is 2.10 bits per heavy atom. The Morgan fingerprint density at radius 1 is 1.40 bits per heavy atom. The predicted octanol–water partition coefficient (Wildman–Crippen LogP) is 4.25. The van der Waals surface area contributed by atoms with Gasteiger partial charge in [-0.3, -0.25) is 0 Å². The van der Waals surface area contributed by atoms with Crippen LogP contribution in [0, 0.1) is 11.3 Å². The molecule has 0 heterocycles. The molecular formula is C16H24BrN3. The molecule has 0 spiro atoms. The fraction of sp³-hybridized carbons (Fsp3) is 0.562. The fourth-order valence-electron chi connectivity index (χ4n) is 2.17. The van der Waals surface area contributed by atoms with Crippen molar-refractivity contribution >= 4 is 21.6 Å². The Morgan fingerprint density at radius 3 is 2.70 bits per heavy atom. The third kappa shape index (κ3) is 4.50. The van der Waals surface area contributed by atoms with Crippen LogP contribution < -0.4 is 10.2 Å². The summed E-state index contributed by atoms with van der Waals surface area (Å²) in [5, 5.41) is 12.4. The van der Waals surface area contributed by atoms with Gasteiger partial charge in [-0.2, -0.15) is 5.26 Å². The molecule has 0 amide bonds. The Labute approximate surface area is 131 Å². The quantitative estimate of drug-likeness (QED) is 0.808. The number of nitrogens with zero attached hydrogens (tertiary/aromatic N) is 2. The molecule has 1 rings (SSSR count). The van der Waals surface area contributed by atoms with Crippen LogP contribution in [0.3, 0.4) is 0 Å². The number of nitriles is 1. The summed E-state index contributed by atoms with van der Waals surface area (Å²) in [4.78, 5) is 2.19. The Hall–Kier alpha value is -1.05. The number of hydrogen-bond donors (Lipinski definition) is 1. The van der Waals surface area contributed by atoms with E-state index in [1.54, 1.807) is 0 Å². The van der Waals surface area contributed by atoms with Crippen LogP contribution in [0.2, 0.25) is 0 Å². The summed E-state index contributed by atoms with van der Waals surface area (Å²) >= 11 is 3.54. The number of rotatable bonds is 7. The first-order valence-corrected chi connectivity index (χ1v) is 7.93. The monoisotopic (exact) mass is 337 g/mol. The van der Waals surface area contributed by atoms with Crippen molar-refractivity contribution in [2.24, 2.45) is 0 Å². The van der Waals surface area contributed by atoms with Gasteiger partial charge in [0, 0.05) is 29.3 Å². The molecule has 1 N–H and O–H groups in total. The average molecular weight is 338 g/mol. The van der Waals surface area contributed by atoms with Crippen molar-refractivity contribution in [3.63, 3.8) is 0 Å². The van der Waals surface area contributed by atoms with Crippen LogP contribution in [0.25, 0.3) is 0 Å². The first-order chi connectivity index (χ1) is 9.51. The number of benzene rings is 1. The van der Waals surface area contributed by atoms with E-state index in [1.165, 1.54) is 11.3 Å². The van der Waals surface area contributed by atoms with Gasteiger partial charge in [-0.05, 0) is 44.5 Å². The zero-order valence-electron chi connectivity index (χ0n) is 12.8. The number of anilines is 1. The van der Waals surface area contributed by atoms with Crippen LogP contribution in [-0.4, -0.2) is 19.6 Å². The third-order valence-electron chi connectivity index (χ3n) is 3.59. The molecule has 110 valence electrons. The first-order valence-electron chi connectivity index (χ1n) is 7.13.